The van der Waals surface area contributed by atoms with Crippen molar-refractivity contribution in [3.63, 3.8) is 0 Å². The lowest BCUT2D eigenvalue weighted by atomic mass is 10.0. The van der Waals surface area contributed by atoms with Gasteiger partial charge in [0, 0.05) is 32.4 Å². The third-order valence-electron chi connectivity index (χ3n) is 6.15. The van der Waals surface area contributed by atoms with Gasteiger partial charge in [-0.25, -0.2) is 14.2 Å². The number of halogens is 2. The summed E-state index contributed by atoms with van der Waals surface area (Å²) in [6.45, 7) is 10.0. The summed E-state index contributed by atoms with van der Waals surface area (Å²) in [5.74, 6) is -0.0275. The van der Waals surface area contributed by atoms with Crippen molar-refractivity contribution in [1.82, 2.24) is 35.0 Å². The monoisotopic (exact) mass is 482 g/mol. The quantitative estimate of drug-likeness (QED) is 0.526. The number of ether oxygens (including phenoxy) is 1. The van der Waals surface area contributed by atoms with Gasteiger partial charge in [0.2, 0.25) is 11.6 Å². The minimum atomic E-state index is -0.634. The summed E-state index contributed by atoms with van der Waals surface area (Å²) in [4.78, 5) is 24.5. The van der Waals surface area contributed by atoms with Crippen LogP contribution >= 0.6 is 11.6 Å². The zero-order valence-corrected chi connectivity index (χ0v) is 18.8. The Hall–Kier alpha value is -3.46. The molecular weight excluding hydrogens is 463 g/mol. The van der Waals surface area contributed by atoms with Crippen LogP contribution in [0.2, 0.25) is 5.02 Å². The van der Waals surface area contributed by atoms with Crippen LogP contribution in [0, 0.1) is 12.4 Å². The molecule has 2 atom stereocenters. The molecule has 0 N–H and O–H groups in total. The first-order valence-corrected chi connectivity index (χ1v) is 11.1. The minimum absolute atomic E-state index is 0.0297. The third-order valence-corrected chi connectivity index (χ3v) is 6.55. The predicted molar refractivity (Wildman–Crippen MR) is 119 cm³/mol. The van der Waals surface area contributed by atoms with E-state index in [0.29, 0.717) is 44.2 Å². The molecule has 5 rings (SSSR count). The molecule has 174 valence electrons. The van der Waals surface area contributed by atoms with Gasteiger partial charge in [-0.1, -0.05) is 23.7 Å². The Labute approximate surface area is 199 Å². The molecule has 2 fully saturated rings. The largest absolute Gasteiger partial charge is 0.370 e. The Morgan fingerprint density at radius 1 is 1.26 bits per heavy atom. The number of pyridine rings is 1. The second-order valence-corrected chi connectivity index (χ2v) is 8.56. The first-order chi connectivity index (χ1) is 16.5. The van der Waals surface area contributed by atoms with Gasteiger partial charge in [-0.2, -0.15) is 4.68 Å². The average molecular weight is 483 g/mol. The van der Waals surface area contributed by atoms with Gasteiger partial charge < -0.3 is 9.64 Å². The number of piperazine rings is 1. The molecule has 2 aromatic heterocycles. The molecule has 34 heavy (non-hydrogen) atoms. The molecule has 0 aliphatic carbocycles. The van der Waals surface area contributed by atoms with Crippen LogP contribution in [0.25, 0.3) is 10.7 Å². The van der Waals surface area contributed by atoms with Crippen molar-refractivity contribution in [3.8, 4) is 5.82 Å². The highest BCUT2D eigenvalue weighted by molar-refractivity contribution is 6.34. The van der Waals surface area contributed by atoms with Gasteiger partial charge in [-0.15, -0.1) is 5.10 Å². The van der Waals surface area contributed by atoms with Crippen LogP contribution in [0.3, 0.4) is 0 Å². The molecule has 1 amide bonds. The maximum atomic E-state index is 13.8. The number of tetrazole rings is 1. The zero-order chi connectivity index (χ0) is 23.7. The predicted octanol–water partition coefficient (Wildman–Crippen LogP) is 2.23. The Morgan fingerprint density at radius 3 is 2.88 bits per heavy atom. The highest BCUT2D eigenvalue weighted by Gasteiger charge is 2.36. The molecule has 2 aliphatic heterocycles. The van der Waals surface area contributed by atoms with Gasteiger partial charge in [-0.05, 0) is 33.7 Å². The number of fused-ring (bicyclic) bond motifs is 1. The second-order valence-electron chi connectivity index (χ2n) is 8.18. The van der Waals surface area contributed by atoms with E-state index in [0.717, 1.165) is 5.56 Å². The first kappa shape index (κ1) is 22.3. The normalized spacial score (nSPS) is 20.6. The highest BCUT2D eigenvalue weighted by atomic mass is 35.5. The van der Waals surface area contributed by atoms with Crippen molar-refractivity contribution in [2.24, 2.45) is 0 Å². The van der Waals surface area contributed by atoms with Gasteiger partial charge in [-0.3, -0.25) is 9.69 Å². The number of morpholine rings is 1. The molecule has 2 aliphatic rings. The molecule has 1 aromatic carbocycles. The molecule has 2 saturated heterocycles. The molecular formula is C22H20ClFN8O2. The van der Waals surface area contributed by atoms with E-state index in [1.54, 1.807) is 18.3 Å². The summed E-state index contributed by atoms with van der Waals surface area (Å²) < 4.78 is 21.3. The summed E-state index contributed by atoms with van der Waals surface area (Å²) in [7, 11) is 0. The van der Waals surface area contributed by atoms with Crippen LogP contribution in [0.15, 0.2) is 36.8 Å². The fraction of sp³-hybridized carbons (Fsp3) is 0.364. The molecule has 0 radical (unpaired) electrons. The second kappa shape index (κ2) is 9.42. The van der Waals surface area contributed by atoms with E-state index in [-0.39, 0.29) is 35.2 Å². The topological polar surface area (TPSA) is 93.6 Å². The minimum Gasteiger partial charge on any atom is -0.370 e. The molecule has 10 nitrogen and oxygen atoms in total. The van der Waals surface area contributed by atoms with E-state index in [1.807, 2.05) is 11.0 Å². The fourth-order valence-electron chi connectivity index (χ4n) is 4.32. The van der Waals surface area contributed by atoms with Crippen molar-refractivity contribution in [3.05, 3.63) is 70.2 Å². The highest BCUT2D eigenvalue weighted by Crippen LogP contribution is 2.38. The Balaban J connectivity index is 1.19. The number of carbonyl (C=O) groups excluding carboxylic acids is 1. The number of carbonyl (C=O) groups is 1. The lowest BCUT2D eigenvalue weighted by Gasteiger charge is -2.46. The van der Waals surface area contributed by atoms with Crippen LogP contribution in [-0.4, -0.2) is 79.7 Å². The molecule has 0 unspecified atom stereocenters. The molecule has 0 saturated carbocycles. The van der Waals surface area contributed by atoms with Gasteiger partial charge in [0.15, 0.2) is 5.82 Å². The molecule has 12 heteroatoms. The molecule has 3 aromatic rings. The van der Waals surface area contributed by atoms with Crippen LogP contribution in [0.4, 0.5) is 10.1 Å². The number of rotatable bonds is 4. The maximum absolute atomic E-state index is 13.8. The van der Waals surface area contributed by atoms with E-state index in [9.17, 15) is 9.18 Å². The van der Waals surface area contributed by atoms with Crippen molar-refractivity contribution >= 4 is 23.2 Å². The van der Waals surface area contributed by atoms with E-state index in [2.05, 4.69) is 30.3 Å². The number of aromatic nitrogens is 5. The SMILES string of the molecule is [C-]#[N+]c1c(F)ccc([C@H]2CN3CCN(C(=O)Cc4ccc(-n5cnnn5)nc4)C[C@H]3CO2)c1Cl. The summed E-state index contributed by atoms with van der Waals surface area (Å²) in [5, 5.41) is 11.1. The van der Waals surface area contributed by atoms with Crippen LogP contribution < -0.4 is 0 Å². The van der Waals surface area contributed by atoms with Gasteiger partial charge >= 0.3 is 0 Å². The lowest BCUT2D eigenvalue weighted by molar-refractivity contribution is -0.139. The van der Waals surface area contributed by atoms with Gasteiger partial charge in [0.05, 0.1) is 36.8 Å². The average Bonchev–Trinajstić information content (AvgIpc) is 3.39. The van der Waals surface area contributed by atoms with Crippen LogP contribution in [0.1, 0.15) is 17.2 Å². The number of hydrogen-bond donors (Lipinski definition) is 0. The van der Waals surface area contributed by atoms with E-state index in [1.165, 1.54) is 17.1 Å². The molecule has 4 heterocycles. The van der Waals surface area contributed by atoms with Gasteiger partial charge in [0.25, 0.3) is 0 Å². The maximum Gasteiger partial charge on any atom is 0.240 e. The Morgan fingerprint density at radius 2 is 2.15 bits per heavy atom. The van der Waals surface area contributed by atoms with Crippen molar-refractivity contribution < 1.29 is 13.9 Å². The van der Waals surface area contributed by atoms with Crippen LogP contribution in [-0.2, 0) is 16.0 Å². The summed E-state index contributed by atoms with van der Waals surface area (Å²) in [5.41, 5.74) is 1.25. The van der Waals surface area contributed by atoms with Crippen LogP contribution in [0.5, 0.6) is 0 Å². The van der Waals surface area contributed by atoms with Crippen molar-refractivity contribution in [2.75, 3.05) is 32.8 Å². The Bertz CT molecular complexity index is 1230. The number of amides is 1. The summed E-state index contributed by atoms with van der Waals surface area (Å²) in [6, 6.07) is 6.51. The Kier molecular flexibility index (Phi) is 6.19. The van der Waals surface area contributed by atoms with E-state index >= 15 is 0 Å². The third kappa shape index (κ3) is 4.35. The smallest absolute Gasteiger partial charge is 0.240 e. The van der Waals surface area contributed by atoms with E-state index in [4.69, 9.17) is 22.9 Å². The number of nitrogens with zero attached hydrogens (tertiary/aromatic N) is 8. The summed E-state index contributed by atoms with van der Waals surface area (Å²) in [6.07, 6.45) is 3.02. The standard InChI is InChI=1S/C22H20ClFN8O2/c1-25-22-17(24)4-3-16(21(22)23)18-11-30-6-7-31(10-15(30)12-34-18)20(33)8-14-2-5-19(26-9-14)32-13-27-28-29-32/h2-5,9,13,15,18H,6-8,10-12H2/t15-,18+/m0/s1. The number of hydrogen-bond acceptors (Lipinski definition) is 7. The summed E-state index contributed by atoms with van der Waals surface area (Å²) >= 11 is 6.28. The number of benzene rings is 1. The fourth-order valence-corrected chi connectivity index (χ4v) is 4.63. The molecule has 0 spiro atoms. The van der Waals surface area contributed by atoms with E-state index < -0.39 is 5.82 Å². The lowest BCUT2D eigenvalue weighted by Crippen LogP contribution is -2.59. The van der Waals surface area contributed by atoms with Crippen molar-refractivity contribution in [1.29, 1.82) is 0 Å². The van der Waals surface area contributed by atoms with Gasteiger partial charge in [0.1, 0.15) is 12.1 Å². The zero-order valence-electron chi connectivity index (χ0n) is 18.0. The molecule has 0 bridgehead atoms. The first-order valence-electron chi connectivity index (χ1n) is 10.7. The van der Waals surface area contributed by atoms with Crippen molar-refractivity contribution in [2.45, 2.75) is 18.6 Å².